The fourth-order valence-corrected chi connectivity index (χ4v) is 5.31. The summed E-state index contributed by atoms with van der Waals surface area (Å²) in [6.45, 7) is 11.4. The topological polar surface area (TPSA) is 112 Å². The highest BCUT2D eigenvalue weighted by Gasteiger charge is 2.53. The number of benzene rings is 2. The summed E-state index contributed by atoms with van der Waals surface area (Å²) in [6, 6.07) is 7.52. The summed E-state index contributed by atoms with van der Waals surface area (Å²) in [5, 5.41) is 18.0. The number of aliphatic carboxylic acids is 2. The summed E-state index contributed by atoms with van der Waals surface area (Å²) in [5.41, 5.74) is 2.77. The van der Waals surface area contributed by atoms with E-state index in [-0.39, 0.29) is 10.8 Å². The van der Waals surface area contributed by atoms with Crippen molar-refractivity contribution in [1.82, 2.24) is 0 Å². The van der Waals surface area contributed by atoms with Gasteiger partial charge in [0.25, 0.3) is 5.79 Å². The van der Waals surface area contributed by atoms with Gasteiger partial charge in [0.05, 0.1) is 0 Å². The summed E-state index contributed by atoms with van der Waals surface area (Å²) in [5.74, 6) is -0.520. The molecule has 2 heterocycles. The molecule has 0 atom stereocenters. The zero-order chi connectivity index (χ0) is 25.8. The maximum Gasteiger partial charge on any atom is 0.341 e. The molecule has 0 amide bonds. The molecular formula is C27H32O8. The highest BCUT2D eigenvalue weighted by atomic mass is 16.7. The minimum Gasteiger partial charge on any atom is -0.482 e. The Morgan fingerprint density at radius 1 is 0.771 bits per heavy atom. The summed E-state index contributed by atoms with van der Waals surface area (Å²) >= 11 is 0. The third-order valence-corrected chi connectivity index (χ3v) is 6.73. The van der Waals surface area contributed by atoms with E-state index >= 15 is 0 Å². The fourth-order valence-electron chi connectivity index (χ4n) is 5.31. The molecule has 0 saturated carbocycles. The van der Waals surface area contributed by atoms with Crippen LogP contribution in [0.3, 0.4) is 0 Å². The number of fused-ring (bicyclic) bond motifs is 2. The second kappa shape index (κ2) is 8.36. The molecule has 2 aromatic carbocycles. The van der Waals surface area contributed by atoms with Crippen molar-refractivity contribution in [1.29, 1.82) is 0 Å². The van der Waals surface area contributed by atoms with Gasteiger partial charge in [-0.25, -0.2) is 9.59 Å². The number of carboxylic acids is 2. The number of aryl methyl sites for hydroxylation is 2. The van der Waals surface area contributed by atoms with Crippen molar-refractivity contribution in [2.75, 3.05) is 13.2 Å². The average molecular weight is 485 g/mol. The van der Waals surface area contributed by atoms with Crippen molar-refractivity contribution in [3.05, 3.63) is 46.5 Å². The number of hydrogen-bond acceptors (Lipinski definition) is 6. The van der Waals surface area contributed by atoms with E-state index in [4.69, 9.17) is 29.2 Å². The molecule has 0 unspecified atom stereocenters. The number of rotatable bonds is 6. The third-order valence-electron chi connectivity index (χ3n) is 6.73. The minimum atomic E-state index is -1.03. The van der Waals surface area contributed by atoms with Crippen LogP contribution in [0, 0.1) is 13.8 Å². The van der Waals surface area contributed by atoms with Crippen LogP contribution in [0.4, 0.5) is 0 Å². The zero-order valence-corrected chi connectivity index (χ0v) is 21.0. The Morgan fingerprint density at radius 2 is 1.14 bits per heavy atom. The third kappa shape index (κ3) is 4.74. The van der Waals surface area contributed by atoms with Gasteiger partial charge < -0.3 is 29.2 Å². The van der Waals surface area contributed by atoms with Gasteiger partial charge in [0.1, 0.15) is 23.0 Å². The van der Waals surface area contributed by atoms with Gasteiger partial charge in [0, 0.05) is 34.8 Å². The lowest BCUT2D eigenvalue weighted by Gasteiger charge is -2.51. The molecule has 188 valence electrons. The van der Waals surface area contributed by atoms with Crippen LogP contribution in [0.2, 0.25) is 0 Å². The largest absolute Gasteiger partial charge is 0.482 e. The van der Waals surface area contributed by atoms with Crippen molar-refractivity contribution in [3.63, 3.8) is 0 Å². The minimum absolute atomic E-state index is 0.338. The molecule has 0 fully saturated rings. The lowest BCUT2D eigenvalue weighted by atomic mass is 9.69. The maximum atomic E-state index is 11.0. The van der Waals surface area contributed by atoms with Crippen LogP contribution in [0.1, 0.15) is 62.8 Å². The van der Waals surface area contributed by atoms with Crippen LogP contribution in [0.15, 0.2) is 24.3 Å². The van der Waals surface area contributed by atoms with Gasteiger partial charge in [-0.3, -0.25) is 0 Å². The van der Waals surface area contributed by atoms with Crippen molar-refractivity contribution in [2.24, 2.45) is 0 Å². The molecule has 35 heavy (non-hydrogen) atoms. The number of carbonyl (C=O) groups is 2. The average Bonchev–Trinajstić information content (AvgIpc) is 2.69. The second-order valence-electron chi connectivity index (χ2n) is 10.8. The lowest BCUT2D eigenvalue weighted by molar-refractivity contribution is -0.166. The van der Waals surface area contributed by atoms with E-state index in [1.54, 1.807) is 0 Å². The fraction of sp³-hybridized carbons (Fsp3) is 0.481. The Balaban J connectivity index is 1.71. The molecule has 2 aliphatic rings. The molecule has 1 spiro atoms. The van der Waals surface area contributed by atoms with Gasteiger partial charge in [-0.15, -0.1) is 0 Å². The van der Waals surface area contributed by atoms with Crippen molar-refractivity contribution in [2.45, 2.75) is 71.0 Å². The van der Waals surface area contributed by atoms with E-state index in [1.165, 1.54) is 0 Å². The molecule has 0 radical (unpaired) electrons. The van der Waals surface area contributed by atoms with Crippen LogP contribution < -0.4 is 18.9 Å². The Hall–Kier alpha value is -3.42. The Morgan fingerprint density at radius 3 is 1.49 bits per heavy atom. The zero-order valence-electron chi connectivity index (χ0n) is 21.0. The van der Waals surface area contributed by atoms with Crippen molar-refractivity contribution in [3.8, 4) is 23.0 Å². The lowest BCUT2D eigenvalue weighted by Crippen LogP contribution is -2.55. The van der Waals surface area contributed by atoms with E-state index < -0.39 is 30.9 Å². The van der Waals surface area contributed by atoms with Crippen LogP contribution in [0.25, 0.3) is 0 Å². The Labute approximate surface area is 204 Å². The highest BCUT2D eigenvalue weighted by Crippen LogP contribution is 2.55. The predicted molar refractivity (Wildman–Crippen MR) is 128 cm³/mol. The molecule has 0 aromatic heterocycles. The normalized spacial score (nSPS) is 18.5. The molecular weight excluding hydrogens is 452 g/mol. The first-order valence-electron chi connectivity index (χ1n) is 11.6. The maximum absolute atomic E-state index is 11.0. The van der Waals surface area contributed by atoms with E-state index in [2.05, 4.69) is 27.7 Å². The van der Waals surface area contributed by atoms with E-state index in [0.29, 0.717) is 35.8 Å². The molecule has 8 nitrogen and oxygen atoms in total. The SMILES string of the molecule is Cc1cc2c(cc1OCC(=O)O)C(C)(C)CC1(CC(C)(C)c3cc(OCC(=O)O)c(C)cc3O1)O2. The molecule has 0 bridgehead atoms. The van der Waals surface area contributed by atoms with Crippen LogP contribution in [0.5, 0.6) is 23.0 Å². The van der Waals surface area contributed by atoms with E-state index in [1.807, 2.05) is 38.1 Å². The van der Waals surface area contributed by atoms with Crippen molar-refractivity contribution < 1.29 is 38.7 Å². The number of carboxylic acid groups (broad SMARTS) is 2. The van der Waals surface area contributed by atoms with Gasteiger partial charge in [-0.05, 0) is 49.2 Å². The van der Waals surface area contributed by atoms with Crippen LogP contribution >= 0.6 is 0 Å². The first-order valence-corrected chi connectivity index (χ1v) is 11.6. The van der Waals surface area contributed by atoms with Crippen LogP contribution in [-0.4, -0.2) is 41.2 Å². The number of ether oxygens (including phenoxy) is 4. The Kier molecular flexibility index (Phi) is 5.90. The molecule has 0 saturated heterocycles. The molecule has 4 rings (SSSR count). The summed E-state index contributed by atoms with van der Waals surface area (Å²) in [7, 11) is 0. The first kappa shape index (κ1) is 24.7. The molecule has 2 N–H and O–H groups in total. The monoisotopic (exact) mass is 484 g/mol. The van der Waals surface area contributed by atoms with E-state index in [9.17, 15) is 9.59 Å². The van der Waals surface area contributed by atoms with Gasteiger partial charge in [0.15, 0.2) is 13.2 Å². The predicted octanol–water partition coefficient (Wildman–Crippen LogP) is 4.75. The second-order valence-corrected chi connectivity index (χ2v) is 10.8. The first-order chi connectivity index (χ1) is 16.2. The van der Waals surface area contributed by atoms with Gasteiger partial charge in [-0.1, -0.05) is 27.7 Å². The number of hydrogen-bond donors (Lipinski definition) is 2. The summed E-state index contributed by atoms with van der Waals surface area (Å²) in [4.78, 5) is 22.0. The quantitative estimate of drug-likeness (QED) is 0.604. The molecule has 0 aliphatic carbocycles. The van der Waals surface area contributed by atoms with Gasteiger partial charge >= 0.3 is 11.9 Å². The summed E-state index contributed by atoms with van der Waals surface area (Å²) < 4.78 is 24.2. The standard InChI is InChI=1S/C27H32O8/c1-15-7-21-17(9-19(15)32-11-23(28)29)25(3,4)13-27(34-21)14-26(5,6)18-10-20(33-12-24(30)31)16(2)8-22(18)35-27/h7-10H,11-14H2,1-6H3,(H,28,29)(H,30,31). The van der Waals surface area contributed by atoms with Gasteiger partial charge in [-0.2, -0.15) is 0 Å². The smallest absolute Gasteiger partial charge is 0.341 e. The van der Waals surface area contributed by atoms with E-state index in [0.717, 1.165) is 22.3 Å². The van der Waals surface area contributed by atoms with Gasteiger partial charge in [0.2, 0.25) is 0 Å². The molecule has 2 aliphatic heterocycles. The van der Waals surface area contributed by atoms with Crippen LogP contribution in [-0.2, 0) is 20.4 Å². The Bertz CT molecular complexity index is 1100. The summed E-state index contributed by atoms with van der Waals surface area (Å²) in [6.07, 6.45) is 1.15. The highest BCUT2D eigenvalue weighted by molar-refractivity contribution is 5.69. The molecule has 2 aromatic rings. The van der Waals surface area contributed by atoms with Crippen molar-refractivity contribution >= 4 is 11.9 Å². The molecule has 8 heteroatoms.